The summed E-state index contributed by atoms with van der Waals surface area (Å²) in [4.78, 5) is 44.0. The van der Waals surface area contributed by atoms with Gasteiger partial charge in [0.1, 0.15) is 5.39 Å². The fourth-order valence-electron chi connectivity index (χ4n) is 5.55. The van der Waals surface area contributed by atoms with Crippen LogP contribution in [0.4, 0.5) is 11.6 Å². The molecule has 6 rings (SSSR count). The van der Waals surface area contributed by atoms with Gasteiger partial charge in [0, 0.05) is 61.4 Å². The summed E-state index contributed by atoms with van der Waals surface area (Å²) in [6, 6.07) is 10.1. The van der Waals surface area contributed by atoms with E-state index in [2.05, 4.69) is 53.1 Å². The Bertz CT molecular complexity index is 1680. The Morgan fingerprint density at radius 2 is 1.85 bits per heavy atom. The number of anilines is 2. The molecule has 3 aromatic heterocycles. The maximum absolute atomic E-state index is 13.4. The number of carbonyl (C=O) groups excluding carboxylic acids is 1. The van der Waals surface area contributed by atoms with Crippen LogP contribution in [0.25, 0.3) is 16.7 Å². The lowest BCUT2D eigenvalue weighted by Crippen LogP contribution is -2.47. The molecule has 1 N–H and O–H groups in total. The van der Waals surface area contributed by atoms with Crippen molar-refractivity contribution in [1.82, 2.24) is 34.1 Å². The van der Waals surface area contributed by atoms with Gasteiger partial charge in [-0.05, 0) is 62.1 Å². The Morgan fingerprint density at radius 3 is 2.56 bits per heavy atom. The third kappa shape index (κ3) is 5.24. The van der Waals surface area contributed by atoms with Crippen molar-refractivity contribution in [1.29, 1.82) is 0 Å². The molecule has 0 spiro atoms. The lowest BCUT2D eigenvalue weighted by Gasteiger charge is -2.35. The van der Waals surface area contributed by atoms with Crippen LogP contribution in [0.15, 0.2) is 47.5 Å². The normalized spacial score (nSPS) is 15.7. The van der Waals surface area contributed by atoms with Gasteiger partial charge in [0.15, 0.2) is 5.65 Å². The van der Waals surface area contributed by atoms with Crippen molar-refractivity contribution < 1.29 is 4.79 Å². The van der Waals surface area contributed by atoms with E-state index >= 15 is 0 Å². The molecule has 0 radical (unpaired) electrons. The predicted molar refractivity (Wildman–Crippen MR) is 160 cm³/mol. The van der Waals surface area contributed by atoms with Crippen LogP contribution >= 0.6 is 0 Å². The van der Waals surface area contributed by atoms with Crippen LogP contribution in [-0.2, 0) is 23.2 Å². The van der Waals surface area contributed by atoms with Crippen molar-refractivity contribution in [2.24, 2.45) is 0 Å². The number of fused-ring (bicyclic) bond motifs is 2. The molecule has 0 atom stereocenters. The van der Waals surface area contributed by atoms with Crippen LogP contribution in [0.1, 0.15) is 63.9 Å². The van der Waals surface area contributed by atoms with Crippen molar-refractivity contribution in [2.75, 3.05) is 31.5 Å². The highest BCUT2D eigenvalue weighted by molar-refractivity contribution is 5.79. The van der Waals surface area contributed by atoms with Crippen LogP contribution in [0.2, 0.25) is 0 Å². The molecule has 0 saturated carbocycles. The Hall–Kier alpha value is -4.05. The monoisotopic (exact) mass is 554 g/mol. The summed E-state index contributed by atoms with van der Waals surface area (Å²) in [7, 11) is 0. The molecule has 2 aliphatic rings. The number of pyridine rings is 1. The summed E-state index contributed by atoms with van der Waals surface area (Å²) in [6.07, 6.45) is 5.42. The Kier molecular flexibility index (Phi) is 6.89. The average molecular weight is 555 g/mol. The van der Waals surface area contributed by atoms with Gasteiger partial charge in [0.2, 0.25) is 11.9 Å². The molecule has 41 heavy (non-hydrogen) atoms. The first-order valence-electron chi connectivity index (χ1n) is 14.4. The number of amides is 1. The maximum Gasteiger partial charge on any atom is 0.278 e. The summed E-state index contributed by atoms with van der Waals surface area (Å²) in [5.74, 6) is 0.636. The molecular weight excluding hydrogens is 516 g/mol. The average Bonchev–Trinajstić information content (AvgIpc) is 3.19. The standard InChI is InChI=1S/C31H38N8O2/c1-20(2)38-29(41)25-17-33-30(35-28(25)39(38)24-9-11-32-26(16-24)31(3,4)5)34-23-8-7-21-10-14-36(18-22(21)15-23)19-27(40)37-12-6-13-37/h7-9,11,15-17,20H,6,10,12-14,18-19H2,1-5H3,(H,33,34,35). The summed E-state index contributed by atoms with van der Waals surface area (Å²) in [6.45, 7) is 14.2. The fraction of sp³-hybridized carbons (Fsp3) is 0.452. The van der Waals surface area contributed by atoms with E-state index in [1.54, 1.807) is 17.1 Å². The van der Waals surface area contributed by atoms with E-state index < -0.39 is 0 Å². The summed E-state index contributed by atoms with van der Waals surface area (Å²) >= 11 is 0. The third-order valence-electron chi connectivity index (χ3n) is 7.99. The van der Waals surface area contributed by atoms with Crippen LogP contribution in [0, 0.1) is 0 Å². The van der Waals surface area contributed by atoms with Crippen molar-refractivity contribution in [3.05, 3.63) is 69.9 Å². The minimum atomic E-state index is -0.145. The number of nitrogens with zero attached hydrogens (tertiary/aromatic N) is 7. The van der Waals surface area contributed by atoms with Gasteiger partial charge >= 0.3 is 0 Å². The molecule has 0 aliphatic carbocycles. The van der Waals surface area contributed by atoms with Gasteiger partial charge in [-0.3, -0.25) is 19.5 Å². The van der Waals surface area contributed by atoms with Gasteiger partial charge in [0.05, 0.1) is 12.2 Å². The van der Waals surface area contributed by atoms with E-state index in [4.69, 9.17) is 4.98 Å². The number of likely N-dealkylation sites (tertiary alicyclic amines) is 1. The number of carbonyl (C=O) groups is 1. The second kappa shape index (κ2) is 10.4. The highest BCUT2D eigenvalue weighted by atomic mass is 16.2. The molecule has 1 saturated heterocycles. The molecule has 0 unspecified atom stereocenters. The first kappa shape index (κ1) is 27.1. The predicted octanol–water partition coefficient (Wildman–Crippen LogP) is 4.19. The van der Waals surface area contributed by atoms with Crippen molar-refractivity contribution in [3.63, 3.8) is 0 Å². The first-order chi connectivity index (χ1) is 19.6. The highest BCUT2D eigenvalue weighted by Crippen LogP contribution is 2.27. The Morgan fingerprint density at radius 1 is 1.05 bits per heavy atom. The van der Waals surface area contributed by atoms with Crippen LogP contribution in [-0.4, -0.2) is 66.2 Å². The van der Waals surface area contributed by atoms with Gasteiger partial charge < -0.3 is 10.2 Å². The third-order valence-corrected chi connectivity index (χ3v) is 7.99. The number of hydrogen-bond donors (Lipinski definition) is 1. The molecule has 0 bridgehead atoms. The number of hydrogen-bond acceptors (Lipinski definition) is 7. The number of nitrogens with one attached hydrogen (secondary N) is 1. The molecule has 10 nitrogen and oxygen atoms in total. The second-order valence-corrected chi connectivity index (χ2v) is 12.4. The van der Waals surface area contributed by atoms with E-state index in [9.17, 15) is 9.59 Å². The second-order valence-electron chi connectivity index (χ2n) is 12.4. The Labute approximate surface area is 240 Å². The van der Waals surface area contributed by atoms with Crippen LogP contribution in [0.3, 0.4) is 0 Å². The smallest absolute Gasteiger partial charge is 0.278 e. The summed E-state index contributed by atoms with van der Waals surface area (Å²) < 4.78 is 3.60. The summed E-state index contributed by atoms with van der Waals surface area (Å²) in [5.41, 5.74) is 5.41. The van der Waals surface area contributed by atoms with E-state index in [-0.39, 0.29) is 22.9 Å². The van der Waals surface area contributed by atoms with Gasteiger partial charge in [-0.1, -0.05) is 26.8 Å². The van der Waals surface area contributed by atoms with Gasteiger partial charge in [-0.15, -0.1) is 0 Å². The van der Waals surface area contributed by atoms with Crippen LogP contribution in [0.5, 0.6) is 0 Å². The van der Waals surface area contributed by atoms with Gasteiger partial charge in [-0.25, -0.2) is 14.3 Å². The van der Waals surface area contributed by atoms with Crippen molar-refractivity contribution in [3.8, 4) is 5.69 Å². The van der Waals surface area contributed by atoms with E-state index in [0.717, 1.165) is 56.1 Å². The zero-order valence-corrected chi connectivity index (χ0v) is 24.5. The molecule has 1 fully saturated rings. The lowest BCUT2D eigenvalue weighted by atomic mass is 9.91. The topological polar surface area (TPSA) is 101 Å². The minimum Gasteiger partial charge on any atom is -0.341 e. The highest BCUT2D eigenvalue weighted by Gasteiger charge is 2.25. The molecule has 5 heterocycles. The lowest BCUT2D eigenvalue weighted by molar-refractivity contribution is -0.136. The van der Waals surface area contributed by atoms with E-state index in [0.29, 0.717) is 23.5 Å². The van der Waals surface area contributed by atoms with Gasteiger partial charge in [0.25, 0.3) is 5.56 Å². The van der Waals surface area contributed by atoms with Crippen molar-refractivity contribution in [2.45, 2.75) is 65.5 Å². The zero-order valence-electron chi connectivity index (χ0n) is 24.5. The number of rotatable bonds is 6. The molecule has 10 heteroatoms. The number of benzene rings is 1. The zero-order chi connectivity index (χ0) is 28.9. The van der Waals surface area contributed by atoms with Gasteiger partial charge in [-0.2, -0.15) is 4.98 Å². The minimum absolute atomic E-state index is 0.0871. The molecular formula is C31H38N8O2. The quantitative estimate of drug-likeness (QED) is 0.381. The SMILES string of the molecule is CC(C)n1c(=O)c2cnc(Nc3ccc4c(c3)CN(CC(=O)N3CCC3)CC4)nc2n1-c1ccnc(C(C)(C)C)c1. The molecule has 1 aromatic carbocycles. The largest absolute Gasteiger partial charge is 0.341 e. The number of aromatic nitrogens is 5. The molecule has 4 aromatic rings. The summed E-state index contributed by atoms with van der Waals surface area (Å²) in [5, 5.41) is 3.82. The Balaban J connectivity index is 1.31. The maximum atomic E-state index is 13.4. The molecule has 214 valence electrons. The van der Waals surface area contributed by atoms with Crippen molar-refractivity contribution >= 4 is 28.6 Å². The molecule has 2 aliphatic heterocycles. The van der Waals surface area contributed by atoms with Crippen LogP contribution < -0.4 is 10.9 Å². The van der Waals surface area contributed by atoms with E-state index in [1.807, 2.05) is 41.6 Å². The molecule has 1 amide bonds. The first-order valence-corrected chi connectivity index (χ1v) is 14.4. The fourth-order valence-corrected chi connectivity index (χ4v) is 5.55. The van der Waals surface area contributed by atoms with E-state index in [1.165, 1.54) is 11.1 Å².